The fourth-order valence-electron chi connectivity index (χ4n) is 3.57. The second-order valence-corrected chi connectivity index (χ2v) is 6.25. The summed E-state index contributed by atoms with van der Waals surface area (Å²) >= 11 is 0. The van der Waals surface area contributed by atoms with Gasteiger partial charge in [-0.15, -0.1) is 6.58 Å². The van der Waals surface area contributed by atoms with Crippen LogP contribution < -0.4 is 18.9 Å². The van der Waals surface area contributed by atoms with Crippen LogP contribution in [-0.2, 0) is 6.42 Å². The fraction of sp³-hybridized carbons (Fsp3) is 0.333. The summed E-state index contributed by atoms with van der Waals surface area (Å²) in [6.45, 7) is 5.89. The number of phenolic OH excluding ortho intramolecular Hbond substituents is 1. The van der Waals surface area contributed by atoms with E-state index in [9.17, 15) is 5.11 Å². The van der Waals surface area contributed by atoms with Crippen LogP contribution in [0.1, 0.15) is 35.6 Å². The quantitative estimate of drug-likeness (QED) is 0.778. The maximum Gasteiger partial charge on any atom is 0.164 e. The molecule has 5 nitrogen and oxygen atoms in total. The van der Waals surface area contributed by atoms with Gasteiger partial charge in [0.25, 0.3) is 0 Å². The maximum absolute atomic E-state index is 10.5. The first kappa shape index (κ1) is 18.0. The smallest absolute Gasteiger partial charge is 0.164 e. The van der Waals surface area contributed by atoms with Gasteiger partial charge in [-0.3, -0.25) is 0 Å². The Hall–Kier alpha value is -2.82. The molecule has 0 spiro atoms. The summed E-state index contributed by atoms with van der Waals surface area (Å²) in [7, 11) is 4.75. The number of aromatic hydroxyl groups is 1. The van der Waals surface area contributed by atoms with Crippen LogP contribution in [0.5, 0.6) is 28.7 Å². The van der Waals surface area contributed by atoms with Crippen molar-refractivity contribution in [1.82, 2.24) is 0 Å². The van der Waals surface area contributed by atoms with Crippen LogP contribution in [0.4, 0.5) is 0 Å². The highest BCUT2D eigenvalue weighted by Crippen LogP contribution is 2.52. The molecule has 5 heteroatoms. The molecule has 2 aromatic rings. The van der Waals surface area contributed by atoms with Gasteiger partial charge in [-0.1, -0.05) is 19.1 Å². The number of hydrogen-bond acceptors (Lipinski definition) is 5. The number of allylic oxidation sites excluding steroid dienone is 1. The number of phenols is 1. The zero-order valence-electron chi connectivity index (χ0n) is 15.5. The van der Waals surface area contributed by atoms with Gasteiger partial charge in [-0.05, 0) is 24.1 Å². The van der Waals surface area contributed by atoms with Gasteiger partial charge >= 0.3 is 0 Å². The summed E-state index contributed by atoms with van der Waals surface area (Å²) in [6.07, 6.45) is 2.11. The van der Waals surface area contributed by atoms with Crippen molar-refractivity contribution in [1.29, 1.82) is 0 Å². The SMILES string of the molecule is C=CCc1c(O)c(OC)cc2c1C(C)[C@H](c1ccc(OC)c(OC)c1)O2. The van der Waals surface area contributed by atoms with E-state index in [0.717, 1.165) is 22.4 Å². The Balaban J connectivity index is 2.06. The van der Waals surface area contributed by atoms with Gasteiger partial charge in [0.15, 0.2) is 23.0 Å². The van der Waals surface area contributed by atoms with Crippen LogP contribution >= 0.6 is 0 Å². The lowest BCUT2D eigenvalue weighted by molar-refractivity contribution is 0.214. The van der Waals surface area contributed by atoms with Crippen molar-refractivity contribution in [2.24, 2.45) is 0 Å². The van der Waals surface area contributed by atoms with Crippen LogP contribution in [0.15, 0.2) is 36.9 Å². The standard InChI is InChI=1S/C21H24O5/c1-6-7-14-19-12(2)21(26-17(19)11-18(25-5)20(14)22)13-8-9-15(23-3)16(10-13)24-4/h6,8-12,21-22H,1,7H2,2-5H3/t12?,21-/m1/s1. The molecule has 0 saturated carbocycles. The van der Waals surface area contributed by atoms with Gasteiger partial charge in [-0.2, -0.15) is 0 Å². The Bertz CT molecular complexity index is 828. The first-order chi connectivity index (χ1) is 12.5. The van der Waals surface area contributed by atoms with Gasteiger partial charge in [0.1, 0.15) is 11.9 Å². The zero-order valence-corrected chi connectivity index (χ0v) is 15.5. The predicted molar refractivity (Wildman–Crippen MR) is 99.9 cm³/mol. The van der Waals surface area contributed by atoms with Gasteiger partial charge in [-0.25, -0.2) is 0 Å². The zero-order chi connectivity index (χ0) is 18.8. The van der Waals surface area contributed by atoms with Crippen molar-refractivity contribution in [3.8, 4) is 28.7 Å². The molecule has 1 unspecified atom stereocenters. The number of ether oxygens (including phenoxy) is 4. The third-order valence-corrected chi connectivity index (χ3v) is 4.84. The second kappa shape index (κ2) is 7.20. The first-order valence-corrected chi connectivity index (χ1v) is 8.47. The number of hydrogen-bond donors (Lipinski definition) is 1. The van der Waals surface area contributed by atoms with E-state index in [4.69, 9.17) is 18.9 Å². The molecule has 2 aromatic carbocycles. The van der Waals surface area contributed by atoms with Crippen LogP contribution in [-0.4, -0.2) is 26.4 Å². The van der Waals surface area contributed by atoms with Crippen LogP contribution in [0.3, 0.4) is 0 Å². The minimum absolute atomic E-state index is 0.0508. The summed E-state index contributed by atoms with van der Waals surface area (Å²) in [5.74, 6) is 2.66. The van der Waals surface area contributed by atoms with E-state index in [1.54, 1.807) is 26.4 Å². The Morgan fingerprint density at radius 3 is 2.38 bits per heavy atom. The average Bonchev–Trinajstić information content (AvgIpc) is 2.99. The minimum atomic E-state index is -0.195. The molecular formula is C21H24O5. The van der Waals surface area contributed by atoms with Gasteiger partial charge < -0.3 is 24.1 Å². The molecule has 1 aliphatic rings. The molecule has 3 rings (SSSR count). The maximum atomic E-state index is 10.5. The van der Waals surface area contributed by atoms with Crippen LogP contribution in [0, 0.1) is 0 Å². The molecule has 0 saturated heterocycles. The number of methoxy groups -OCH3 is 3. The predicted octanol–water partition coefficient (Wildman–Crippen LogP) is 4.38. The fourth-order valence-corrected chi connectivity index (χ4v) is 3.57. The van der Waals surface area contributed by atoms with Crippen molar-refractivity contribution in [3.05, 3.63) is 53.6 Å². The van der Waals surface area contributed by atoms with E-state index in [-0.39, 0.29) is 17.8 Å². The largest absolute Gasteiger partial charge is 0.504 e. The number of benzene rings is 2. The lowest BCUT2D eigenvalue weighted by atomic mass is 9.88. The third kappa shape index (κ3) is 2.83. The Morgan fingerprint density at radius 2 is 1.77 bits per heavy atom. The minimum Gasteiger partial charge on any atom is -0.504 e. The summed E-state index contributed by atoms with van der Waals surface area (Å²) in [6, 6.07) is 7.51. The molecule has 1 heterocycles. The first-order valence-electron chi connectivity index (χ1n) is 8.47. The van der Waals surface area contributed by atoms with Crippen molar-refractivity contribution in [3.63, 3.8) is 0 Å². The monoisotopic (exact) mass is 356 g/mol. The molecular weight excluding hydrogens is 332 g/mol. The highest BCUT2D eigenvalue weighted by Gasteiger charge is 2.36. The second-order valence-electron chi connectivity index (χ2n) is 6.25. The molecule has 1 N–H and O–H groups in total. The number of fused-ring (bicyclic) bond motifs is 1. The van der Waals surface area contributed by atoms with E-state index in [2.05, 4.69) is 13.5 Å². The van der Waals surface area contributed by atoms with Crippen molar-refractivity contribution < 1.29 is 24.1 Å². The van der Waals surface area contributed by atoms with Crippen molar-refractivity contribution in [2.75, 3.05) is 21.3 Å². The average molecular weight is 356 g/mol. The highest BCUT2D eigenvalue weighted by molar-refractivity contribution is 5.61. The lowest BCUT2D eigenvalue weighted by Gasteiger charge is -2.18. The highest BCUT2D eigenvalue weighted by atomic mass is 16.5. The Labute approximate surface area is 153 Å². The molecule has 1 aliphatic heterocycles. The third-order valence-electron chi connectivity index (χ3n) is 4.84. The topological polar surface area (TPSA) is 57.2 Å². The molecule has 138 valence electrons. The molecule has 26 heavy (non-hydrogen) atoms. The van der Waals surface area contributed by atoms with Crippen LogP contribution in [0.2, 0.25) is 0 Å². The molecule has 0 radical (unpaired) electrons. The summed E-state index contributed by atoms with van der Waals surface area (Å²) in [4.78, 5) is 0. The molecule has 0 bridgehead atoms. The Morgan fingerprint density at radius 1 is 1.08 bits per heavy atom. The molecule has 0 amide bonds. The van der Waals surface area contributed by atoms with Crippen molar-refractivity contribution in [2.45, 2.75) is 25.4 Å². The van der Waals surface area contributed by atoms with Gasteiger partial charge in [0.05, 0.1) is 21.3 Å². The summed E-state index contributed by atoms with van der Waals surface area (Å²) in [5.41, 5.74) is 2.77. The van der Waals surface area contributed by atoms with E-state index in [1.807, 2.05) is 18.2 Å². The van der Waals surface area contributed by atoms with E-state index in [0.29, 0.717) is 23.7 Å². The molecule has 2 atom stereocenters. The lowest BCUT2D eigenvalue weighted by Crippen LogP contribution is -2.08. The van der Waals surface area contributed by atoms with Crippen LogP contribution in [0.25, 0.3) is 0 Å². The molecule has 0 aromatic heterocycles. The molecule has 0 aliphatic carbocycles. The number of rotatable bonds is 6. The van der Waals surface area contributed by atoms with E-state index >= 15 is 0 Å². The van der Waals surface area contributed by atoms with Gasteiger partial charge in [0, 0.05) is 23.1 Å². The van der Waals surface area contributed by atoms with Crippen molar-refractivity contribution >= 4 is 0 Å². The van der Waals surface area contributed by atoms with Gasteiger partial charge in [0.2, 0.25) is 0 Å². The Kier molecular flexibility index (Phi) is 4.98. The molecule has 0 fully saturated rings. The normalized spacial score (nSPS) is 18.0. The summed E-state index contributed by atoms with van der Waals surface area (Å²) < 4.78 is 22.3. The van der Waals surface area contributed by atoms with E-state index < -0.39 is 0 Å². The summed E-state index contributed by atoms with van der Waals surface area (Å²) in [5, 5.41) is 10.5. The van der Waals surface area contributed by atoms with E-state index in [1.165, 1.54) is 7.11 Å².